The van der Waals surface area contributed by atoms with Gasteiger partial charge in [-0.3, -0.25) is 14.5 Å². The van der Waals surface area contributed by atoms with Crippen LogP contribution in [-0.4, -0.2) is 61.0 Å². The second kappa shape index (κ2) is 6.42. The van der Waals surface area contributed by atoms with E-state index in [1.165, 1.54) is 18.4 Å². The van der Waals surface area contributed by atoms with Gasteiger partial charge in [0, 0.05) is 38.6 Å². The van der Waals surface area contributed by atoms with Crippen molar-refractivity contribution in [3.05, 3.63) is 12.2 Å². The van der Waals surface area contributed by atoms with Crippen molar-refractivity contribution in [3.8, 4) is 0 Å². The summed E-state index contributed by atoms with van der Waals surface area (Å²) in [5, 5.41) is 0. The molecule has 2 saturated heterocycles. The summed E-state index contributed by atoms with van der Waals surface area (Å²) < 4.78 is 5.85. The Morgan fingerprint density at radius 1 is 1.32 bits per heavy atom. The molecule has 0 N–H and O–H groups in total. The maximum atomic E-state index is 12.6. The molecule has 4 aliphatic rings. The quantitative estimate of drug-likeness (QED) is 0.446. The molecule has 138 valence electrons. The van der Waals surface area contributed by atoms with E-state index in [-0.39, 0.29) is 23.4 Å². The summed E-state index contributed by atoms with van der Waals surface area (Å²) in [6, 6.07) is 0. The maximum Gasteiger partial charge on any atom is 0.310 e. The number of fused-ring (bicyclic) bond motifs is 2. The number of amides is 1. The van der Waals surface area contributed by atoms with Gasteiger partial charge in [0.05, 0.1) is 5.92 Å². The number of carbonyl (C=O) groups is 2. The van der Waals surface area contributed by atoms with Crippen LogP contribution in [0.3, 0.4) is 0 Å². The molecule has 0 radical (unpaired) electrons. The number of ether oxygens (including phenoxy) is 1. The third-order valence-corrected chi connectivity index (χ3v) is 7.33. The molecule has 4 rings (SSSR count). The van der Waals surface area contributed by atoms with Crippen molar-refractivity contribution in [3.63, 3.8) is 0 Å². The summed E-state index contributed by atoms with van der Waals surface area (Å²) in [4.78, 5) is 27.6. The second-order valence-electron chi connectivity index (χ2n) is 8.85. The van der Waals surface area contributed by atoms with E-state index in [1.807, 2.05) is 4.90 Å². The first-order chi connectivity index (χ1) is 12.0. The van der Waals surface area contributed by atoms with Crippen molar-refractivity contribution >= 4 is 12.4 Å². The van der Waals surface area contributed by atoms with Crippen molar-refractivity contribution in [2.24, 2.45) is 23.2 Å². The lowest BCUT2D eigenvalue weighted by molar-refractivity contribution is -0.146. The molecule has 4 fully saturated rings. The zero-order valence-electron chi connectivity index (χ0n) is 15.3. The van der Waals surface area contributed by atoms with Gasteiger partial charge in [0.25, 0.3) is 0 Å². The minimum absolute atomic E-state index is 0.000626. The zero-order valence-corrected chi connectivity index (χ0v) is 15.3. The van der Waals surface area contributed by atoms with Gasteiger partial charge < -0.3 is 9.64 Å². The molecule has 1 amide bonds. The second-order valence-corrected chi connectivity index (χ2v) is 8.85. The first-order valence-electron chi connectivity index (χ1n) is 9.80. The molecule has 2 heterocycles. The summed E-state index contributed by atoms with van der Waals surface area (Å²) in [6.07, 6.45) is 6.68. The molecular weight excluding hydrogens is 316 g/mol. The van der Waals surface area contributed by atoms with Crippen LogP contribution in [-0.2, 0) is 14.3 Å². The number of carbonyl (C=O) groups excluding carboxylic acids is 2. The van der Waals surface area contributed by atoms with Gasteiger partial charge in [-0.05, 0) is 43.4 Å². The normalized spacial score (nSPS) is 41.9. The van der Waals surface area contributed by atoms with Crippen molar-refractivity contribution in [1.82, 2.24) is 9.80 Å². The first kappa shape index (κ1) is 17.1. The predicted octanol–water partition coefficient (Wildman–Crippen LogP) is 2.07. The van der Waals surface area contributed by atoms with Crippen LogP contribution in [0, 0.1) is 23.2 Å². The lowest BCUT2D eigenvalue weighted by Crippen LogP contribution is -2.49. The number of hydrogen-bond donors (Lipinski definition) is 0. The van der Waals surface area contributed by atoms with E-state index < -0.39 is 0 Å². The number of esters is 1. The standard InChI is InChI=1S/C20H30N2O3/c1-14-4-3-5-20(2)11-18-15(10-17(14)20)16(19(24)25-18)12-21-6-8-22(13-23)9-7-21/h13,15-18H,1,3-12H2,2H3/t15?,16-,17-,18+,20+/m0/s1. The Morgan fingerprint density at radius 3 is 2.80 bits per heavy atom. The topological polar surface area (TPSA) is 49.9 Å². The lowest BCUT2D eigenvalue weighted by Gasteiger charge is -2.50. The first-order valence-corrected chi connectivity index (χ1v) is 9.80. The van der Waals surface area contributed by atoms with E-state index in [0.717, 1.165) is 58.4 Å². The van der Waals surface area contributed by atoms with Gasteiger partial charge in [0.15, 0.2) is 0 Å². The molecule has 0 aromatic heterocycles. The summed E-state index contributed by atoms with van der Waals surface area (Å²) >= 11 is 0. The van der Waals surface area contributed by atoms with Gasteiger partial charge >= 0.3 is 5.97 Å². The third kappa shape index (κ3) is 3.01. The van der Waals surface area contributed by atoms with E-state index >= 15 is 0 Å². The van der Waals surface area contributed by atoms with Crippen LogP contribution in [0.15, 0.2) is 12.2 Å². The predicted molar refractivity (Wildman–Crippen MR) is 94.8 cm³/mol. The van der Waals surface area contributed by atoms with Crippen LogP contribution in [0.5, 0.6) is 0 Å². The highest BCUT2D eigenvalue weighted by molar-refractivity contribution is 5.75. The highest BCUT2D eigenvalue weighted by atomic mass is 16.6. The minimum atomic E-state index is -0.00735. The van der Waals surface area contributed by atoms with Crippen molar-refractivity contribution in [2.45, 2.75) is 45.1 Å². The van der Waals surface area contributed by atoms with Crippen LogP contribution < -0.4 is 0 Å². The molecule has 0 spiro atoms. The third-order valence-electron chi connectivity index (χ3n) is 7.33. The largest absolute Gasteiger partial charge is 0.462 e. The molecule has 25 heavy (non-hydrogen) atoms. The van der Waals surface area contributed by atoms with Crippen molar-refractivity contribution in [1.29, 1.82) is 0 Å². The number of allylic oxidation sites excluding steroid dienone is 1. The van der Waals surface area contributed by atoms with E-state index in [4.69, 9.17) is 4.74 Å². The van der Waals surface area contributed by atoms with E-state index in [0.29, 0.717) is 11.8 Å². The van der Waals surface area contributed by atoms with E-state index in [9.17, 15) is 9.59 Å². The number of rotatable bonds is 3. The molecule has 0 bridgehead atoms. The molecule has 2 aliphatic heterocycles. The molecule has 1 unspecified atom stereocenters. The number of nitrogens with zero attached hydrogens (tertiary/aromatic N) is 2. The Bertz CT molecular complexity index is 569. The fraction of sp³-hybridized carbons (Fsp3) is 0.800. The number of piperazine rings is 1. The fourth-order valence-electron chi connectivity index (χ4n) is 5.79. The van der Waals surface area contributed by atoms with Gasteiger partial charge in [-0.2, -0.15) is 0 Å². The molecule has 0 aromatic rings. The molecule has 2 aliphatic carbocycles. The Kier molecular flexibility index (Phi) is 4.38. The van der Waals surface area contributed by atoms with Crippen LogP contribution in [0.25, 0.3) is 0 Å². The highest BCUT2D eigenvalue weighted by Crippen LogP contribution is 2.56. The van der Waals surface area contributed by atoms with Crippen LogP contribution in [0.4, 0.5) is 0 Å². The summed E-state index contributed by atoms with van der Waals surface area (Å²) in [5.41, 5.74) is 1.66. The van der Waals surface area contributed by atoms with Crippen LogP contribution >= 0.6 is 0 Å². The Labute approximate surface area is 150 Å². The average molecular weight is 346 g/mol. The molecule has 0 aromatic carbocycles. The fourth-order valence-corrected chi connectivity index (χ4v) is 5.79. The molecular formula is C20H30N2O3. The summed E-state index contributed by atoms with van der Waals surface area (Å²) in [7, 11) is 0. The Hall–Kier alpha value is -1.36. The maximum absolute atomic E-state index is 12.6. The Balaban J connectivity index is 1.45. The van der Waals surface area contributed by atoms with Gasteiger partial charge in [0.2, 0.25) is 6.41 Å². The SMILES string of the molecule is C=C1CCC[C@]2(C)C[C@H]3OC(=O)[C@@H](CN4CCN(C=O)CC4)C3C[C@@H]12. The average Bonchev–Trinajstić information content (AvgIpc) is 2.88. The van der Waals surface area contributed by atoms with Gasteiger partial charge in [0.1, 0.15) is 6.10 Å². The Morgan fingerprint density at radius 2 is 2.08 bits per heavy atom. The van der Waals surface area contributed by atoms with Gasteiger partial charge in [-0.15, -0.1) is 0 Å². The molecule has 5 heteroatoms. The van der Waals surface area contributed by atoms with Crippen LogP contribution in [0.1, 0.15) is 39.0 Å². The smallest absolute Gasteiger partial charge is 0.310 e. The minimum Gasteiger partial charge on any atom is -0.462 e. The summed E-state index contributed by atoms with van der Waals surface area (Å²) in [6.45, 7) is 10.7. The van der Waals surface area contributed by atoms with E-state index in [2.05, 4.69) is 18.4 Å². The van der Waals surface area contributed by atoms with Crippen LogP contribution in [0.2, 0.25) is 0 Å². The van der Waals surface area contributed by atoms with Crippen molar-refractivity contribution in [2.75, 3.05) is 32.7 Å². The molecule has 5 nitrogen and oxygen atoms in total. The zero-order chi connectivity index (χ0) is 17.6. The number of hydrogen-bond acceptors (Lipinski definition) is 4. The van der Waals surface area contributed by atoms with Gasteiger partial charge in [-0.25, -0.2) is 0 Å². The monoisotopic (exact) mass is 346 g/mol. The summed E-state index contributed by atoms with van der Waals surface area (Å²) in [5.74, 6) is 0.878. The van der Waals surface area contributed by atoms with E-state index in [1.54, 1.807) is 0 Å². The highest BCUT2D eigenvalue weighted by Gasteiger charge is 2.55. The van der Waals surface area contributed by atoms with Crippen molar-refractivity contribution < 1.29 is 14.3 Å². The lowest BCUT2D eigenvalue weighted by atomic mass is 9.55. The van der Waals surface area contributed by atoms with Gasteiger partial charge in [-0.1, -0.05) is 19.1 Å². The molecule has 2 saturated carbocycles. The molecule has 5 atom stereocenters.